The number of aliphatic carboxylic acids is 1. The van der Waals surface area contributed by atoms with Crippen LogP contribution < -0.4 is 0 Å². The van der Waals surface area contributed by atoms with Crippen molar-refractivity contribution in [1.29, 1.82) is 0 Å². The van der Waals surface area contributed by atoms with Crippen LogP contribution in [0.3, 0.4) is 0 Å². The van der Waals surface area contributed by atoms with Gasteiger partial charge in [0.25, 0.3) is 0 Å². The van der Waals surface area contributed by atoms with Gasteiger partial charge < -0.3 is 14.4 Å². The lowest BCUT2D eigenvalue weighted by atomic mass is 10.3. The molecule has 0 fully saturated rings. The predicted molar refractivity (Wildman–Crippen MR) is 61.4 cm³/mol. The average molecular weight is 223 g/mol. The van der Waals surface area contributed by atoms with E-state index in [-0.39, 0.29) is 0 Å². The summed E-state index contributed by atoms with van der Waals surface area (Å²) in [6.45, 7) is 3.39. The summed E-state index contributed by atoms with van der Waals surface area (Å²) >= 11 is 0. The topological polar surface area (TPSA) is 53.7 Å². The van der Waals surface area contributed by atoms with Crippen LogP contribution in [0, 0.1) is 6.92 Å². The quantitative estimate of drug-likeness (QED) is 0.746. The molecule has 0 aromatic carbocycles. The Labute approximate surface area is 95.2 Å². The zero-order chi connectivity index (χ0) is 12.0. The number of carboxylic acid groups (broad SMARTS) is 1. The number of carbonyl (C=O) groups is 1. The Morgan fingerprint density at radius 2 is 2.31 bits per heavy atom. The molecule has 0 aliphatic carbocycles. The maximum atomic E-state index is 10.2. The molecule has 1 aromatic rings. The fraction of sp³-hybridized carbons (Fsp3) is 0.417. The fourth-order valence-electron chi connectivity index (χ4n) is 1.35. The molecule has 0 saturated heterocycles. The summed E-state index contributed by atoms with van der Waals surface area (Å²) < 4.78 is 5.44. The van der Waals surface area contributed by atoms with Gasteiger partial charge in [0.2, 0.25) is 0 Å². The van der Waals surface area contributed by atoms with E-state index in [0.717, 1.165) is 30.6 Å². The third-order valence-corrected chi connectivity index (χ3v) is 2.21. The summed E-state index contributed by atoms with van der Waals surface area (Å²) in [6, 6.07) is 3.91. The van der Waals surface area contributed by atoms with Gasteiger partial charge in [0, 0.05) is 25.6 Å². The van der Waals surface area contributed by atoms with Crippen molar-refractivity contribution in [1.82, 2.24) is 4.90 Å². The van der Waals surface area contributed by atoms with Crippen molar-refractivity contribution in [3.05, 3.63) is 35.8 Å². The van der Waals surface area contributed by atoms with Crippen LogP contribution in [0.15, 0.2) is 28.7 Å². The standard InChI is InChI=1S/C12H17NO3/c1-10-5-6-11(16-10)7-9-13(2)8-3-4-12(14)15/h3-6H,7-9H2,1-2H3,(H,14,15)/b4-3+. The number of carboxylic acids is 1. The monoisotopic (exact) mass is 223 g/mol. The molecule has 4 nitrogen and oxygen atoms in total. The minimum atomic E-state index is -0.907. The van der Waals surface area contributed by atoms with Gasteiger partial charge >= 0.3 is 5.97 Å². The zero-order valence-corrected chi connectivity index (χ0v) is 9.64. The van der Waals surface area contributed by atoms with Crippen LogP contribution >= 0.6 is 0 Å². The Kier molecular flexibility index (Phi) is 4.79. The summed E-state index contributed by atoms with van der Waals surface area (Å²) in [4.78, 5) is 12.3. The second kappa shape index (κ2) is 6.12. The van der Waals surface area contributed by atoms with Crippen LogP contribution in [-0.4, -0.2) is 36.1 Å². The average Bonchev–Trinajstić information content (AvgIpc) is 2.61. The van der Waals surface area contributed by atoms with E-state index in [4.69, 9.17) is 9.52 Å². The van der Waals surface area contributed by atoms with Gasteiger partial charge in [0.05, 0.1) is 0 Å². The molecule has 4 heteroatoms. The first-order valence-corrected chi connectivity index (χ1v) is 5.21. The van der Waals surface area contributed by atoms with Crippen molar-refractivity contribution >= 4 is 5.97 Å². The Balaban J connectivity index is 2.25. The first kappa shape index (κ1) is 12.5. The van der Waals surface area contributed by atoms with Crippen molar-refractivity contribution in [3.63, 3.8) is 0 Å². The molecule has 0 radical (unpaired) electrons. The number of aryl methyl sites for hydroxylation is 1. The molecule has 0 spiro atoms. The minimum Gasteiger partial charge on any atom is -0.478 e. The van der Waals surface area contributed by atoms with Gasteiger partial charge in [-0.25, -0.2) is 4.79 Å². The number of likely N-dealkylation sites (N-methyl/N-ethyl adjacent to an activating group) is 1. The second-order valence-electron chi connectivity index (χ2n) is 3.77. The molecule has 1 N–H and O–H groups in total. The Morgan fingerprint density at radius 1 is 1.56 bits per heavy atom. The smallest absolute Gasteiger partial charge is 0.328 e. The summed E-state index contributed by atoms with van der Waals surface area (Å²) in [5, 5.41) is 8.42. The van der Waals surface area contributed by atoms with Crippen LogP contribution in [-0.2, 0) is 11.2 Å². The van der Waals surface area contributed by atoms with Gasteiger partial charge in [-0.2, -0.15) is 0 Å². The number of furan rings is 1. The molecule has 0 aliphatic rings. The SMILES string of the molecule is Cc1ccc(CCN(C)C/C=C/C(=O)O)o1. The van der Waals surface area contributed by atoms with Gasteiger partial charge in [-0.15, -0.1) is 0 Å². The molecule has 0 amide bonds. The van der Waals surface area contributed by atoms with Gasteiger partial charge in [0.15, 0.2) is 0 Å². The summed E-state index contributed by atoms with van der Waals surface area (Å²) in [7, 11) is 1.95. The number of rotatable bonds is 6. The van der Waals surface area contributed by atoms with Gasteiger partial charge in [-0.1, -0.05) is 6.08 Å². The maximum absolute atomic E-state index is 10.2. The lowest BCUT2D eigenvalue weighted by Crippen LogP contribution is -2.21. The van der Waals surface area contributed by atoms with Crippen molar-refractivity contribution in [2.45, 2.75) is 13.3 Å². The van der Waals surface area contributed by atoms with Crippen LogP contribution in [0.4, 0.5) is 0 Å². The number of hydrogen-bond donors (Lipinski definition) is 1. The first-order valence-electron chi connectivity index (χ1n) is 5.21. The highest BCUT2D eigenvalue weighted by Crippen LogP contribution is 2.07. The van der Waals surface area contributed by atoms with Crippen molar-refractivity contribution in [2.75, 3.05) is 20.1 Å². The fourth-order valence-corrected chi connectivity index (χ4v) is 1.35. The van der Waals surface area contributed by atoms with Crippen LogP contribution in [0.5, 0.6) is 0 Å². The largest absolute Gasteiger partial charge is 0.478 e. The Bertz CT molecular complexity index is 368. The summed E-state index contributed by atoms with van der Waals surface area (Å²) in [6.07, 6.45) is 3.63. The third-order valence-electron chi connectivity index (χ3n) is 2.21. The van der Waals surface area contributed by atoms with E-state index in [1.54, 1.807) is 6.08 Å². The molecule has 1 aromatic heterocycles. The van der Waals surface area contributed by atoms with Crippen LogP contribution in [0.25, 0.3) is 0 Å². The Hall–Kier alpha value is -1.55. The van der Waals surface area contributed by atoms with E-state index < -0.39 is 5.97 Å². The predicted octanol–water partition coefficient (Wildman–Crippen LogP) is 1.70. The van der Waals surface area contributed by atoms with E-state index in [2.05, 4.69) is 0 Å². The summed E-state index contributed by atoms with van der Waals surface area (Å²) in [5.74, 6) is 0.977. The van der Waals surface area contributed by atoms with Crippen molar-refractivity contribution in [2.24, 2.45) is 0 Å². The molecule has 16 heavy (non-hydrogen) atoms. The lowest BCUT2D eigenvalue weighted by Gasteiger charge is -2.12. The molecule has 0 bridgehead atoms. The highest BCUT2D eigenvalue weighted by Gasteiger charge is 2.01. The van der Waals surface area contributed by atoms with E-state index in [1.807, 2.05) is 31.0 Å². The van der Waals surface area contributed by atoms with Crippen LogP contribution in [0.2, 0.25) is 0 Å². The molecule has 1 rings (SSSR count). The number of hydrogen-bond acceptors (Lipinski definition) is 3. The summed E-state index contributed by atoms with van der Waals surface area (Å²) in [5.41, 5.74) is 0. The molecule has 0 saturated carbocycles. The highest BCUT2D eigenvalue weighted by molar-refractivity contribution is 5.79. The van der Waals surface area contributed by atoms with Crippen molar-refractivity contribution < 1.29 is 14.3 Å². The van der Waals surface area contributed by atoms with E-state index in [0.29, 0.717) is 6.54 Å². The van der Waals surface area contributed by atoms with E-state index in [9.17, 15) is 4.79 Å². The van der Waals surface area contributed by atoms with Gasteiger partial charge in [0.1, 0.15) is 11.5 Å². The van der Waals surface area contributed by atoms with Gasteiger partial charge in [-0.05, 0) is 26.1 Å². The van der Waals surface area contributed by atoms with E-state index in [1.165, 1.54) is 0 Å². The zero-order valence-electron chi connectivity index (χ0n) is 9.64. The van der Waals surface area contributed by atoms with Gasteiger partial charge in [-0.3, -0.25) is 0 Å². The molecule has 1 heterocycles. The molecular formula is C12H17NO3. The molecule has 0 atom stereocenters. The molecular weight excluding hydrogens is 206 g/mol. The first-order chi connectivity index (χ1) is 7.58. The second-order valence-corrected chi connectivity index (χ2v) is 3.77. The molecule has 88 valence electrons. The molecule has 0 unspecified atom stereocenters. The maximum Gasteiger partial charge on any atom is 0.328 e. The molecule has 0 aliphatic heterocycles. The van der Waals surface area contributed by atoms with E-state index >= 15 is 0 Å². The van der Waals surface area contributed by atoms with Crippen molar-refractivity contribution in [3.8, 4) is 0 Å². The Morgan fingerprint density at radius 3 is 2.88 bits per heavy atom. The highest BCUT2D eigenvalue weighted by atomic mass is 16.4. The lowest BCUT2D eigenvalue weighted by molar-refractivity contribution is -0.131. The van der Waals surface area contributed by atoms with Crippen LogP contribution in [0.1, 0.15) is 11.5 Å². The number of nitrogens with zero attached hydrogens (tertiary/aromatic N) is 1. The third kappa shape index (κ3) is 4.79. The normalized spacial score (nSPS) is 11.4. The minimum absolute atomic E-state index is 0.631.